The number of aryl methyl sites for hydroxylation is 1. The van der Waals surface area contributed by atoms with Gasteiger partial charge >= 0.3 is 5.97 Å². The van der Waals surface area contributed by atoms with Crippen LogP contribution in [0.25, 0.3) is 0 Å². The van der Waals surface area contributed by atoms with Gasteiger partial charge in [0, 0.05) is 18.0 Å². The fourth-order valence-electron chi connectivity index (χ4n) is 1.53. The van der Waals surface area contributed by atoms with Crippen LogP contribution in [0.2, 0.25) is 0 Å². The van der Waals surface area contributed by atoms with Crippen molar-refractivity contribution >= 4 is 11.9 Å². The van der Waals surface area contributed by atoms with E-state index in [-0.39, 0.29) is 18.4 Å². The number of carboxylic acid groups (broad SMARTS) is 1. The van der Waals surface area contributed by atoms with Crippen LogP contribution in [-0.4, -0.2) is 23.0 Å². The first kappa shape index (κ1) is 13.3. The highest BCUT2D eigenvalue weighted by Gasteiger charge is 2.14. The van der Waals surface area contributed by atoms with Crippen LogP contribution in [-0.2, 0) is 4.79 Å². The summed E-state index contributed by atoms with van der Waals surface area (Å²) in [6, 6.07) is 1.66. The number of hydrogen-bond acceptors (Lipinski definition) is 3. The summed E-state index contributed by atoms with van der Waals surface area (Å²) in [4.78, 5) is 22.0. The molecule has 1 amide bonds. The second-order valence-corrected chi connectivity index (χ2v) is 4.09. The van der Waals surface area contributed by atoms with Gasteiger partial charge in [-0.3, -0.25) is 9.59 Å². The van der Waals surface area contributed by atoms with E-state index in [0.29, 0.717) is 18.6 Å². The molecular weight excluding hydrogens is 222 g/mol. The van der Waals surface area contributed by atoms with Crippen LogP contribution in [0.5, 0.6) is 0 Å². The molecule has 0 aliphatic rings. The van der Waals surface area contributed by atoms with Gasteiger partial charge in [0.15, 0.2) is 5.76 Å². The maximum atomic E-state index is 11.7. The van der Waals surface area contributed by atoms with E-state index in [0.717, 1.165) is 5.56 Å². The normalized spacial score (nSPS) is 12.1. The molecule has 5 heteroatoms. The van der Waals surface area contributed by atoms with E-state index in [1.807, 2.05) is 6.92 Å². The van der Waals surface area contributed by atoms with Crippen molar-refractivity contribution in [1.82, 2.24) is 5.32 Å². The summed E-state index contributed by atoms with van der Waals surface area (Å²) in [5.74, 6) is -0.754. The van der Waals surface area contributed by atoms with Crippen molar-refractivity contribution in [3.63, 3.8) is 0 Å². The Balaban J connectivity index is 2.36. The van der Waals surface area contributed by atoms with Crippen LogP contribution in [0.15, 0.2) is 16.7 Å². The maximum Gasteiger partial charge on any atom is 0.303 e. The van der Waals surface area contributed by atoms with Gasteiger partial charge in [-0.2, -0.15) is 0 Å². The molecule has 1 unspecified atom stereocenters. The van der Waals surface area contributed by atoms with E-state index < -0.39 is 5.97 Å². The Morgan fingerprint density at radius 1 is 1.53 bits per heavy atom. The Hall–Kier alpha value is -1.78. The lowest BCUT2D eigenvalue weighted by molar-refractivity contribution is -0.137. The molecule has 0 fully saturated rings. The second kappa shape index (κ2) is 6.08. The van der Waals surface area contributed by atoms with Gasteiger partial charge in [0.25, 0.3) is 5.91 Å². The lowest BCUT2D eigenvalue weighted by atomic mass is 10.1. The van der Waals surface area contributed by atoms with Crippen molar-refractivity contribution in [3.8, 4) is 0 Å². The van der Waals surface area contributed by atoms with Gasteiger partial charge < -0.3 is 14.8 Å². The Morgan fingerprint density at radius 3 is 2.76 bits per heavy atom. The van der Waals surface area contributed by atoms with Gasteiger partial charge in [-0.25, -0.2) is 0 Å². The Kier molecular flexibility index (Phi) is 4.75. The van der Waals surface area contributed by atoms with Gasteiger partial charge in [0.05, 0.1) is 6.26 Å². The number of carbonyl (C=O) groups excluding carboxylic acids is 1. The molecule has 1 aromatic heterocycles. The Bertz CT molecular complexity index is 397. The molecule has 1 atom stereocenters. The largest absolute Gasteiger partial charge is 0.481 e. The fourth-order valence-corrected chi connectivity index (χ4v) is 1.53. The van der Waals surface area contributed by atoms with Crippen LogP contribution in [0.1, 0.15) is 42.3 Å². The third-order valence-corrected chi connectivity index (χ3v) is 2.47. The summed E-state index contributed by atoms with van der Waals surface area (Å²) in [6.07, 6.45) is 2.78. The first-order chi connectivity index (χ1) is 8.00. The average molecular weight is 239 g/mol. The molecule has 1 rings (SSSR count). The zero-order valence-corrected chi connectivity index (χ0v) is 10.0. The topological polar surface area (TPSA) is 79.5 Å². The van der Waals surface area contributed by atoms with Gasteiger partial charge in [-0.15, -0.1) is 0 Å². The number of carbonyl (C=O) groups is 2. The van der Waals surface area contributed by atoms with Crippen LogP contribution in [0.3, 0.4) is 0 Å². The second-order valence-electron chi connectivity index (χ2n) is 4.09. The molecular formula is C12H17NO4. The SMILES string of the molecule is Cc1ccoc1C(=O)NC(C)CCCC(=O)O. The molecule has 5 nitrogen and oxygen atoms in total. The number of rotatable bonds is 6. The lowest BCUT2D eigenvalue weighted by Crippen LogP contribution is -2.32. The zero-order chi connectivity index (χ0) is 12.8. The quantitative estimate of drug-likeness (QED) is 0.795. The molecule has 0 aliphatic heterocycles. The van der Waals surface area contributed by atoms with E-state index in [9.17, 15) is 9.59 Å². The fraction of sp³-hybridized carbons (Fsp3) is 0.500. The summed E-state index contributed by atoms with van der Waals surface area (Å²) < 4.78 is 5.06. The molecule has 2 N–H and O–H groups in total. The minimum atomic E-state index is -0.814. The number of aliphatic carboxylic acids is 1. The number of furan rings is 1. The van der Waals surface area contributed by atoms with Gasteiger partial charge in [-0.05, 0) is 32.8 Å². The molecule has 0 spiro atoms. The summed E-state index contributed by atoms with van der Waals surface area (Å²) >= 11 is 0. The molecule has 1 heterocycles. The monoisotopic (exact) mass is 239 g/mol. The van der Waals surface area contributed by atoms with Crippen LogP contribution >= 0.6 is 0 Å². The minimum absolute atomic E-state index is 0.0636. The number of amides is 1. The summed E-state index contributed by atoms with van der Waals surface area (Å²) in [5.41, 5.74) is 0.792. The van der Waals surface area contributed by atoms with E-state index >= 15 is 0 Å². The van der Waals surface area contributed by atoms with E-state index in [1.54, 1.807) is 13.0 Å². The molecule has 17 heavy (non-hydrogen) atoms. The highest BCUT2D eigenvalue weighted by Crippen LogP contribution is 2.09. The van der Waals surface area contributed by atoms with Crippen LogP contribution in [0, 0.1) is 6.92 Å². The van der Waals surface area contributed by atoms with Crippen molar-refractivity contribution in [2.75, 3.05) is 0 Å². The molecule has 0 saturated carbocycles. The predicted molar refractivity (Wildman–Crippen MR) is 61.9 cm³/mol. The Labute approximate surface area is 99.8 Å². The van der Waals surface area contributed by atoms with Crippen molar-refractivity contribution in [2.24, 2.45) is 0 Å². The molecule has 0 radical (unpaired) electrons. The van der Waals surface area contributed by atoms with Gasteiger partial charge in [0.2, 0.25) is 0 Å². The van der Waals surface area contributed by atoms with Gasteiger partial charge in [0.1, 0.15) is 0 Å². The highest BCUT2D eigenvalue weighted by atomic mass is 16.4. The molecule has 0 saturated heterocycles. The molecule has 0 aliphatic carbocycles. The predicted octanol–water partition coefficient (Wildman–Crippen LogP) is 1.96. The first-order valence-corrected chi connectivity index (χ1v) is 5.57. The van der Waals surface area contributed by atoms with Crippen LogP contribution in [0.4, 0.5) is 0 Å². The summed E-state index contributed by atoms with van der Waals surface area (Å²) in [7, 11) is 0. The molecule has 0 bridgehead atoms. The van der Waals surface area contributed by atoms with Crippen molar-refractivity contribution in [3.05, 3.63) is 23.7 Å². The summed E-state index contributed by atoms with van der Waals surface area (Å²) in [6.45, 7) is 3.64. The highest BCUT2D eigenvalue weighted by molar-refractivity contribution is 5.92. The van der Waals surface area contributed by atoms with E-state index in [2.05, 4.69) is 5.32 Å². The lowest BCUT2D eigenvalue weighted by Gasteiger charge is -2.12. The Morgan fingerprint density at radius 2 is 2.24 bits per heavy atom. The third-order valence-electron chi connectivity index (χ3n) is 2.47. The van der Waals surface area contributed by atoms with E-state index in [4.69, 9.17) is 9.52 Å². The standard InChI is InChI=1S/C12H17NO4/c1-8-6-7-17-11(8)12(16)13-9(2)4-3-5-10(14)15/h6-7,9H,3-5H2,1-2H3,(H,13,16)(H,14,15). The van der Waals surface area contributed by atoms with Crippen molar-refractivity contribution in [2.45, 2.75) is 39.2 Å². The smallest absolute Gasteiger partial charge is 0.303 e. The molecule has 0 aromatic carbocycles. The maximum absolute atomic E-state index is 11.7. The van der Waals surface area contributed by atoms with Gasteiger partial charge in [-0.1, -0.05) is 0 Å². The minimum Gasteiger partial charge on any atom is -0.481 e. The number of hydrogen-bond donors (Lipinski definition) is 2. The summed E-state index contributed by atoms with van der Waals surface area (Å²) in [5, 5.41) is 11.3. The number of nitrogens with one attached hydrogen (secondary N) is 1. The first-order valence-electron chi connectivity index (χ1n) is 5.57. The third kappa shape index (κ3) is 4.30. The average Bonchev–Trinajstić information content (AvgIpc) is 2.63. The molecule has 94 valence electrons. The number of carboxylic acids is 1. The van der Waals surface area contributed by atoms with Crippen LogP contribution < -0.4 is 5.32 Å². The van der Waals surface area contributed by atoms with Crippen molar-refractivity contribution in [1.29, 1.82) is 0 Å². The van der Waals surface area contributed by atoms with Crippen molar-refractivity contribution < 1.29 is 19.1 Å². The van der Waals surface area contributed by atoms with E-state index in [1.165, 1.54) is 6.26 Å². The molecule has 1 aromatic rings. The zero-order valence-electron chi connectivity index (χ0n) is 10.0.